The zero-order chi connectivity index (χ0) is 18.1. The number of nitrogens with zero attached hydrogens (tertiary/aromatic N) is 3. The maximum atomic E-state index is 12.9. The summed E-state index contributed by atoms with van der Waals surface area (Å²) in [6.07, 6.45) is 5.06. The Morgan fingerprint density at radius 2 is 1.92 bits per heavy atom. The molecule has 0 aliphatic heterocycles. The number of nitrogens with one attached hydrogen (secondary N) is 1. The van der Waals surface area contributed by atoms with E-state index < -0.39 is 9.84 Å². The first-order valence-electron chi connectivity index (χ1n) is 8.06. The predicted molar refractivity (Wildman–Crippen MR) is 99.2 cm³/mol. The van der Waals surface area contributed by atoms with Crippen LogP contribution in [-0.4, -0.2) is 28.6 Å². The highest BCUT2D eigenvalue weighted by molar-refractivity contribution is 7.90. The Kier molecular flexibility index (Phi) is 4.00. The Balaban J connectivity index is 1.78. The minimum absolute atomic E-state index is 0.0900. The number of fused-ring (bicyclic) bond motifs is 1. The molecule has 1 N–H and O–H groups in total. The summed E-state index contributed by atoms with van der Waals surface area (Å²) >= 11 is 0. The Hall–Kier alpha value is -3.06. The SMILES string of the molecule is Cc1cccc(CS(=O)(=O)c2[nH]nc3ncc(-c4cccnc4)cc23)c1. The number of rotatable bonds is 4. The van der Waals surface area contributed by atoms with Gasteiger partial charge in [0.05, 0.1) is 11.1 Å². The number of sulfone groups is 1. The summed E-state index contributed by atoms with van der Waals surface area (Å²) < 4.78 is 25.8. The van der Waals surface area contributed by atoms with Gasteiger partial charge in [0.25, 0.3) is 0 Å². The van der Waals surface area contributed by atoms with Gasteiger partial charge < -0.3 is 0 Å². The molecule has 0 unspecified atom stereocenters. The molecule has 7 heteroatoms. The second-order valence-corrected chi connectivity index (χ2v) is 8.06. The molecule has 0 fully saturated rings. The van der Waals surface area contributed by atoms with Gasteiger partial charge >= 0.3 is 0 Å². The third kappa shape index (κ3) is 3.09. The third-order valence-electron chi connectivity index (χ3n) is 4.12. The van der Waals surface area contributed by atoms with Crippen molar-refractivity contribution >= 4 is 20.9 Å². The normalized spacial score (nSPS) is 11.7. The van der Waals surface area contributed by atoms with Gasteiger partial charge in [-0.15, -0.1) is 0 Å². The molecule has 0 amide bonds. The van der Waals surface area contributed by atoms with Gasteiger partial charge in [-0.1, -0.05) is 35.9 Å². The Bertz CT molecular complexity index is 1180. The van der Waals surface area contributed by atoms with Gasteiger partial charge in [-0.05, 0) is 24.6 Å². The zero-order valence-corrected chi connectivity index (χ0v) is 14.9. The van der Waals surface area contributed by atoms with Crippen molar-refractivity contribution in [2.24, 2.45) is 0 Å². The van der Waals surface area contributed by atoms with Gasteiger partial charge in [-0.3, -0.25) is 10.1 Å². The standard InChI is InChI=1S/C19H16N4O2S/c1-13-4-2-5-14(8-13)12-26(24,25)19-17-9-16(11-21-18(17)22-23-19)15-6-3-7-20-10-15/h2-11H,12H2,1H3,(H,21,22,23). The predicted octanol–water partition coefficient (Wildman–Crippen LogP) is 3.30. The van der Waals surface area contributed by atoms with E-state index in [4.69, 9.17) is 0 Å². The van der Waals surface area contributed by atoms with Crippen LogP contribution < -0.4 is 0 Å². The molecule has 0 atom stereocenters. The summed E-state index contributed by atoms with van der Waals surface area (Å²) in [5.41, 5.74) is 3.79. The number of hydrogen-bond donors (Lipinski definition) is 1. The monoisotopic (exact) mass is 364 g/mol. The van der Waals surface area contributed by atoms with Crippen LogP contribution in [0.2, 0.25) is 0 Å². The average molecular weight is 364 g/mol. The molecule has 0 saturated carbocycles. The molecule has 4 rings (SSSR count). The largest absolute Gasteiger partial charge is 0.265 e. The summed E-state index contributed by atoms with van der Waals surface area (Å²) in [7, 11) is -3.59. The van der Waals surface area contributed by atoms with Gasteiger partial charge in [0, 0.05) is 29.7 Å². The molecule has 0 saturated heterocycles. The van der Waals surface area contributed by atoms with Crippen LogP contribution in [0.3, 0.4) is 0 Å². The summed E-state index contributed by atoms with van der Waals surface area (Å²) in [5, 5.41) is 7.27. The number of aromatic nitrogens is 4. The van der Waals surface area contributed by atoms with E-state index in [1.165, 1.54) is 0 Å². The fourth-order valence-electron chi connectivity index (χ4n) is 2.90. The van der Waals surface area contributed by atoms with Gasteiger partial charge in [0.1, 0.15) is 0 Å². The number of benzene rings is 1. The van der Waals surface area contributed by atoms with Crippen molar-refractivity contribution in [1.82, 2.24) is 20.2 Å². The first kappa shape index (κ1) is 16.4. The van der Waals surface area contributed by atoms with E-state index in [1.807, 2.05) is 43.3 Å². The molecule has 3 heterocycles. The van der Waals surface area contributed by atoms with Gasteiger partial charge in [0.2, 0.25) is 0 Å². The number of hydrogen-bond acceptors (Lipinski definition) is 5. The number of aryl methyl sites for hydroxylation is 1. The first-order chi connectivity index (χ1) is 12.5. The average Bonchev–Trinajstić information content (AvgIpc) is 3.06. The second kappa shape index (κ2) is 6.34. The van der Waals surface area contributed by atoms with E-state index in [-0.39, 0.29) is 10.8 Å². The van der Waals surface area contributed by atoms with E-state index >= 15 is 0 Å². The summed E-state index contributed by atoms with van der Waals surface area (Å²) in [4.78, 5) is 8.37. The van der Waals surface area contributed by atoms with Crippen molar-refractivity contribution in [3.8, 4) is 11.1 Å². The van der Waals surface area contributed by atoms with Gasteiger partial charge in [-0.25, -0.2) is 13.4 Å². The highest BCUT2D eigenvalue weighted by Crippen LogP contribution is 2.27. The van der Waals surface area contributed by atoms with Gasteiger partial charge in [-0.2, -0.15) is 5.10 Å². The lowest BCUT2D eigenvalue weighted by Crippen LogP contribution is -2.06. The topological polar surface area (TPSA) is 88.6 Å². The van der Waals surface area contributed by atoms with E-state index in [1.54, 1.807) is 24.7 Å². The summed E-state index contributed by atoms with van der Waals surface area (Å²) in [6, 6.07) is 13.0. The van der Waals surface area contributed by atoms with Crippen molar-refractivity contribution in [3.63, 3.8) is 0 Å². The van der Waals surface area contributed by atoms with E-state index in [0.29, 0.717) is 11.0 Å². The van der Waals surface area contributed by atoms with Crippen LogP contribution in [0.25, 0.3) is 22.2 Å². The number of H-pyrrole nitrogens is 1. The molecule has 0 aliphatic rings. The van der Waals surface area contributed by atoms with E-state index in [9.17, 15) is 8.42 Å². The van der Waals surface area contributed by atoms with Crippen LogP contribution in [-0.2, 0) is 15.6 Å². The minimum Gasteiger partial charge on any atom is -0.265 e. The first-order valence-corrected chi connectivity index (χ1v) is 9.71. The smallest absolute Gasteiger partial charge is 0.199 e. The van der Waals surface area contributed by atoms with Crippen LogP contribution in [0, 0.1) is 6.92 Å². The molecule has 6 nitrogen and oxygen atoms in total. The fourth-order valence-corrected chi connectivity index (χ4v) is 4.33. The maximum Gasteiger partial charge on any atom is 0.199 e. The van der Waals surface area contributed by atoms with Crippen LogP contribution in [0.4, 0.5) is 0 Å². The van der Waals surface area contributed by atoms with E-state index in [2.05, 4.69) is 20.2 Å². The molecule has 0 spiro atoms. The van der Waals surface area contributed by atoms with Crippen LogP contribution in [0.1, 0.15) is 11.1 Å². The van der Waals surface area contributed by atoms with Crippen molar-refractivity contribution < 1.29 is 8.42 Å². The Morgan fingerprint density at radius 1 is 1.04 bits per heavy atom. The molecule has 0 bridgehead atoms. The summed E-state index contributed by atoms with van der Waals surface area (Å²) in [5.74, 6) is -0.0942. The van der Waals surface area contributed by atoms with Gasteiger partial charge in [0.15, 0.2) is 20.5 Å². The Labute approximate surface area is 150 Å². The van der Waals surface area contributed by atoms with Crippen LogP contribution in [0.15, 0.2) is 66.1 Å². The lowest BCUT2D eigenvalue weighted by Gasteiger charge is -2.05. The van der Waals surface area contributed by atoms with Crippen molar-refractivity contribution in [3.05, 3.63) is 72.2 Å². The third-order valence-corrected chi connectivity index (χ3v) is 5.77. The Morgan fingerprint density at radius 3 is 2.69 bits per heavy atom. The highest BCUT2D eigenvalue weighted by atomic mass is 32.2. The number of pyridine rings is 2. The fraction of sp³-hybridized carbons (Fsp3) is 0.105. The molecule has 3 aromatic heterocycles. The molecular formula is C19H16N4O2S. The number of aromatic amines is 1. The van der Waals surface area contributed by atoms with Crippen LogP contribution in [0.5, 0.6) is 0 Å². The zero-order valence-electron chi connectivity index (χ0n) is 14.0. The van der Waals surface area contributed by atoms with Crippen molar-refractivity contribution in [1.29, 1.82) is 0 Å². The molecule has 130 valence electrons. The minimum atomic E-state index is -3.59. The highest BCUT2D eigenvalue weighted by Gasteiger charge is 2.22. The molecular weight excluding hydrogens is 348 g/mol. The lowest BCUT2D eigenvalue weighted by atomic mass is 10.1. The maximum absolute atomic E-state index is 12.9. The molecule has 1 aromatic carbocycles. The molecule has 0 aliphatic carbocycles. The molecule has 26 heavy (non-hydrogen) atoms. The van der Waals surface area contributed by atoms with E-state index in [0.717, 1.165) is 22.3 Å². The second-order valence-electron chi connectivity index (χ2n) is 6.14. The quantitative estimate of drug-likeness (QED) is 0.600. The summed E-state index contributed by atoms with van der Waals surface area (Å²) in [6.45, 7) is 1.94. The molecule has 0 radical (unpaired) electrons. The lowest BCUT2D eigenvalue weighted by molar-refractivity contribution is 0.592. The molecule has 4 aromatic rings. The van der Waals surface area contributed by atoms with Crippen molar-refractivity contribution in [2.75, 3.05) is 0 Å². The van der Waals surface area contributed by atoms with Crippen LogP contribution >= 0.6 is 0 Å². The van der Waals surface area contributed by atoms with Crippen molar-refractivity contribution in [2.45, 2.75) is 17.7 Å².